The average Bonchev–Trinajstić information content (AvgIpc) is 2.50. The van der Waals surface area contributed by atoms with Gasteiger partial charge >= 0.3 is 0 Å². The molecule has 0 aliphatic carbocycles. The number of nitrogens with one attached hydrogen (secondary N) is 1. The molecule has 0 bridgehead atoms. The van der Waals surface area contributed by atoms with E-state index in [-0.39, 0.29) is 12.4 Å². The van der Waals surface area contributed by atoms with Gasteiger partial charge in [0.25, 0.3) is 0 Å². The number of nitrogens with two attached hydrogens (primary N) is 1. The van der Waals surface area contributed by atoms with Crippen molar-refractivity contribution in [2.75, 3.05) is 11.9 Å². The highest BCUT2D eigenvalue weighted by atomic mass is 35.5. The van der Waals surface area contributed by atoms with Gasteiger partial charge in [-0.3, -0.25) is 0 Å². The SMILES string of the molecule is Cl.NCc1cccc2c1NCC2. The van der Waals surface area contributed by atoms with Crippen LogP contribution in [0.4, 0.5) is 5.69 Å². The highest BCUT2D eigenvalue weighted by Gasteiger charge is 2.11. The van der Waals surface area contributed by atoms with Crippen molar-refractivity contribution in [1.29, 1.82) is 0 Å². The number of halogens is 1. The molecule has 3 N–H and O–H groups in total. The maximum Gasteiger partial charge on any atom is 0.0419 e. The van der Waals surface area contributed by atoms with E-state index in [1.54, 1.807) is 0 Å². The minimum Gasteiger partial charge on any atom is -0.384 e. The molecule has 2 rings (SSSR count). The lowest BCUT2D eigenvalue weighted by molar-refractivity contribution is 1.07. The van der Waals surface area contributed by atoms with Gasteiger partial charge in [-0.15, -0.1) is 12.4 Å². The normalized spacial score (nSPS) is 13.1. The highest BCUT2D eigenvalue weighted by Crippen LogP contribution is 2.25. The number of hydrogen-bond acceptors (Lipinski definition) is 2. The van der Waals surface area contributed by atoms with E-state index in [1.165, 1.54) is 16.8 Å². The van der Waals surface area contributed by atoms with E-state index in [0.717, 1.165) is 13.0 Å². The molecule has 3 heteroatoms. The van der Waals surface area contributed by atoms with Gasteiger partial charge in [-0.05, 0) is 17.5 Å². The van der Waals surface area contributed by atoms with Crippen molar-refractivity contribution in [2.45, 2.75) is 13.0 Å². The zero-order valence-corrected chi connectivity index (χ0v) is 7.66. The molecular formula is C9H13ClN2. The highest BCUT2D eigenvalue weighted by molar-refractivity contribution is 5.85. The van der Waals surface area contributed by atoms with E-state index in [1.807, 2.05) is 0 Å². The Bertz CT molecular complexity index is 273. The van der Waals surface area contributed by atoms with E-state index >= 15 is 0 Å². The van der Waals surface area contributed by atoms with Crippen LogP contribution in [0.3, 0.4) is 0 Å². The molecule has 1 aliphatic rings. The van der Waals surface area contributed by atoms with Crippen molar-refractivity contribution >= 4 is 18.1 Å². The third kappa shape index (κ3) is 1.40. The summed E-state index contributed by atoms with van der Waals surface area (Å²) in [7, 11) is 0. The predicted octanol–water partition coefficient (Wildman–Crippen LogP) is 1.54. The van der Waals surface area contributed by atoms with Crippen LogP contribution in [-0.4, -0.2) is 6.54 Å². The van der Waals surface area contributed by atoms with E-state index in [0.29, 0.717) is 6.54 Å². The van der Waals surface area contributed by atoms with Crippen LogP contribution in [0.1, 0.15) is 11.1 Å². The molecule has 0 saturated carbocycles. The number of benzene rings is 1. The second-order valence-electron chi connectivity index (χ2n) is 2.83. The van der Waals surface area contributed by atoms with Gasteiger partial charge in [-0.25, -0.2) is 0 Å². The molecule has 0 radical (unpaired) electrons. The molecule has 0 aromatic heterocycles. The molecule has 0 amide bonds. The fourth-order valence-electron chi connectivity index (χ4n) is 1.58. The smallest absolute Gasteiger partial charge is 0.0419 e. The van der Waals surface area contributed by atoms with Gasteiger partial charge in [0.15, 0.2) is 0 Å². The Hall–Kier alpha value is -0.730. The molecule has 2 nitrogen and oxygen atoms in total. The minimum absolute atomic E-state index is 0. The topological polar surface area (TPSA) is 38.0 Å². The van der Waals surface area contributed by atoms with Gasteiger partial charge in [-0.2, -0.15) is 0 Å². The molecule has 66 valence electrons. The van der Waals surface area contributed by atoms with Crippen molar-refractivity contribution in [2.24, 2.45) is 5.73 Å². The molecule has 1 aromatic carbocycles. The van der Waals surface area contributed by atoms with Crippen LogP contribution in [0.2, 0.25) is 0 Å². The summed E-state index contributed by atoms with van der Waals surface area (Å²) in [4.78, 5) is 0. The molecular weight excluding hydrogens is 172 g/mol. The quantitative estimate of drug-likeness (QED) is 0.695. The maximum absolute atomic E-state index is 5.58. The van der Waals surface area contributed by atoms with E-state index < -0.39 is 0 Å². The third-order valence-electron chi connectivity index (χ3n) is 2.15. The first-order valence-corrected chi connectivity index (χ1v) is 3.96. The van der Waals surface area contributed by atoms with E-state index in [2.05, 4.69) is 23.5 Å². The average molecular weight is 185 g/mol. The molecule has 0 atom stereocenters. The fourth-order valence-corrected chi connectivity index (χ4v) is 1.58. The third-order valence-corrected chi connectivity index (χ3v) is 2.15. The number of anilines is 1. The summed E-state index contributed by atoms with van der Waals surface area (Å²) in [5.41, 5.74) is 9.50. The molecule has 1 aliphatic heterocycles. The zero-order chi connectivity index (χ0) is 7.68. The first-order valence-electron chi connectivity index (χ1n) is 3.96. The fraction of sp³-hybridized carbons (Fsp3) is 0.333. The van der Waals surface area contributed by atoms with Crippen LogP contribution in [0.5, 0.6) is 0 Å². The summed E-state index contributed by atoms with van der Waals surface area (Å²) in [6, 6.07) is 6.32. The summed E-state index contributed by atoms with van der Waals surface area (Å²) in [5, 5.41) is 3.34. The van der Waals surface area contributed by atoms with Gasteiger partial charge in [0.05, 0.1) is 0 Å². The van der Waals surface area contributed by atoms with Gasteiger partial charge in [0.1, 0.15) is 0 Å². The maximum atomic E-state index is 5.58. The van der Waals surface area contributed by atoms with E-state index in [9.17, 15) is 0 Å². The Labute approximate surface area is 78.6 Å². The van der Waals surface area contributed by atoms with Crippen molar-refractivity contribution in [3.63, 3.8) is 0 Å². The minimum atomic E-state index is 0. The number of hydrogen-bond donors (Lipinski definition) is 2. The van der Waals surface area contributed by atoms with Crippen molar-refractivity contribution in [1.82, 2.24) is 0 Å². The zero-order valence-electron chi connectivity index (χ0n) is 6.84. The van der Waals surface area contributed by atoms with Crippen LogP contribution >= 0.6 is 12.4 Å². The van der Waals surface area contributed by atoms with Crippen molar-refractivity contribution < 1.29 is 0 Å². The van der Waals surface area contributed by atoms with Crippen LogP contribution in [0, 0.1) is 0 Å². The molecule has 0 unspecified atom stereocenters. The lowest BCUT2D eigenvalue weighted by atomic mass is 10.1. The molecule has 1 aromatic rings. The van der Waals surface area contributed by atoms with Gasteiger partial charge in [0.2, 0.25) is 0 Å². The summed E-state index contributed by atoms with van der Waals surface area (Å²) in [5.74, 6) is 0. The first-order chi connectivity index (χ1) is 5.42. The molecule has 1 heterocycles. The van der Waals surface area contributed by atoms with Crippen molar-refractivity contribution in [3.05, 3.63) is 29.3 Å². The number of rotatable bonds is 1. The Balaban J connectivity index is 0.000000720. The lowest BCUT2D eigenvalue weighted by Gasteiger charge is -2.04. The van der Waals surface area contributed by atoms with E-state index in [4.69, 9.17) is 5.73 Å². The number of fused-ring (bicyclic) bond motifs is 1. The summed E-state index contributed by atoms with van der Waals surface area (Å²) >= 11 is 0. The Kier molecular flexibility index (Phi) is 2.95. The monoisotopic (exact) mass is 184 g/mol. The Morgan fingerprint density at radius 2 is 2.25 bits per heavy atom. The molecule has 0 spiro atoms. The standard InChI is InChI=1S/C9H12N2.ClH/c10-6-8-3-1-2-7-4-5-11-9(7)8;/h1-3,11H,4-6,10H2;1H. The largest absolute Gasteiger partial charge is 0.384 e. The van der Waals surface area contributed by atoms with Crippen LogP contribution < -0.4 is 11.1 Å². The van der Waals surface area contributed by atoms with Crippen LogP contribution in [-0.2, 0) is 13.0 Å². The van der Waals surface area contributed by atoms with Crippen LogP contribution in [0.25, 0.3) is 0 Å². The van der Waals surface area contributed by atoms with Gasteiger partial charge < -0.3 is 11.1 Å². The predicted molar refractivity (Wildman–Crippen MR) is 53.8 cm³/mol. The Morgan fingerprint density at radius 1 is 1.42 bits per heavy atom. The van der Waals surface area contributed by atoms with Crippen molar-refractivity contribution in [3.8, 4) is 0 Å². The van der Waals surface area contributed by atoms with Gasteiger partial charge in [0, 0.05) is 18.8 Å². The lowest BCUT2D eigenvalue weighted by Crippen LogP contribution is -2.01. The second kappa shape index (κ2) is 3.78. The summed E-state index contributed by atoms with van der Waals surface area (Å²) in [6.07, 6.45) is 1.14. The molecule has 0 saturated heterocycles. The van der Waals surface area contributed by atoms with Gasteiger partial charge in [-0.1, -0.05) is 18.2 Å². The number of para-hydroxylation sites is 1. The Morgan fingerprint density at radius 3 is 3.00 bits per heavy atom. The van der Waals surface area contributed by atoms with Crippen LogP contribution in [0.15, 0.2) is 18.2 Å². The molecule has 12 heavy (non-hydrogen) atoms. The molecule has 0 fully saturated rings. The summed E-state index contributed by atoms with van der Waals surface area (Å²) < 4.78 is 0. The summed E-state index contributed by atoms with van der Waals surface area (Å²) in [6.45, 7) is 1.70. The first kappa shape index (κ1) is 9.36. The second-order valence-corrected chi connectivity index (χ2v) is 2.83.